The number of hydrogen-bond donors (Lipinski definition) is 1. The second-order valence-electron chi connectivity index (χ2n) is 6.86. The van der Waals surface area contributed by atoms with E-state index >= 15 is 0 Å². The van der Waals surface area contributed by atoms with E-state index in [9.17, 15) is 18.5 Å². The maximum Gasteiger partial charge on any atom is 0.293 e. The summed E-state index contributed by atoms with van der Waals surface area (Å²) in [6, 6.07) is 13.6. The topological polar surface area (TPSA) is 92.6 Å². The van der Waals surface area contributed by atoms with Crippen LogP contribution in [-0.2, 0) is 16.6 Å². The molecule has 0 aliphatic carbocycles. The van der Waals surface area contributed by atoms with Crippen molar-refractivity contribution in [2.45, 2.75) is 31.2 Å². The average Bonchev–Trinajstić information content (AvgIpc) is 2.67. The standard InChI is InChI=1S/C19H23N3O4S/c1-15-9-11-21(12-10-15)27(25,26)17-7-8-18(19(13-17)22(23)24)20-14-16-5-3-2-4-6-16/h2-8,13,15,20H,9-12,14H2,1H3. The molecule has 1 aliphatic rings. The Bertz CT molecular complexity index is 908. The van der Waals surface area contributed by atoms with Gasteiger partial charge in [-0.25, -0.2) is 8.42 Å². The maximum atomic E-state index is 12.8. The molecule has 27 heavy (non-hydrogen) atoms. The second-order valence-corrected chi connectivity index (χ2v) is 8.80. The lowest BCUT2D eigenvalue weighted by Gasteiger charge is -2.29. The molecule has 7 nitrogen and oxygen atoms in total. The van der Waals surface area contributed by atoms with E-state index in [2.05, 4.69) is 12.2 Å². The monoisotopic (exact) mass is 389 g/mol. The Kier molecular flexibility index (Phi) is 5.76. The molecule has 0 aromatic heterocycles. The molecule has 1 N–H and O–H groups in total. The van der Waals surface area contributed by atoms with Crippen LogP contribution in [0.4, 0.5) is 11.4 Å². The fourth-order valence-electron chi connectivity index (χ4n) is 3.14. The molecule has 1 fully saturated rings. The predicted octanol–water partition coefficient (Wildman–Crippen LogP) is 3.63. The first-order valence-corrected chi connectivity index (χ1v) is 10.4. The first kappa shape index (κ1) is 19.3. The number of benzene rings is 2. The van der Waals surface area contributed by atoms with E-state index in [0.717, 1.165) is 24.5 Å². The van der Waals surface area contributed by atoms with E-state index in [4.69, 9.17) is 0 Å². The third-order valence-electron chi connectivity index (χ3n) is 4.87. The highest BCUT2D eigenvalue weighted by Gasteiger charge is 2.30. The van der Waals surface area contributed by atoms with Gasteiger partial charge >= 0.3 is 0 Å². The van der Waals surface area contributed by atoms with Crippen molar-refractivity contribution in [1.82, 2.24) is 4.31 Å². The average molecular weight is 389 g/mol. The molecule has 0 radical (unpaired) electrons. The van der Waals surface area contributed by atoms with Crippen molar-refractivity contribution in [3.05, 3.63) is 64.2 Å². The van der Waals surface area contributed by atoms with Gasteiger partial charge in [-0.2, -0.15) is 4.31 Å². The molecule has 0 bridgehead atoms. The van der Waals surface area contributed by atoms with Crippen LogP contribution in [0, 0.1) is 16.0 Å². The summed E-state index contributed by atoms with van der Waals surface area (Å²) in [5, 5.41) is 14.5. The third-order valence-corrected chi connectivity index (χ3v) is 6.77. The number of rotatable bonds is 6. The zero-order chi connectivity index (χ0) is 19.4. The van der Waals surface area contributed by atoms with Crippen molar-refractivity contribution in [3.63, 3.8) is 0 Å². The van der Waals surface area contributed by atoms with Gasteiger partial charge in [-0.05, 0) is 36.5 Å². The molecule has 0 saturated carbocycles. The Balaban J connectivity index is 1.83. The van der Waals surface area contributed by atoms with Gasteiger partial charge in [0.15, 0.2) is 0 Å². The van der Waals surface area contributed by atoms with Crippen LogP contribution >= 0.6 is 0 Å². The summed E-state index contributed by atoms with van der Waals surface area (Å²) in [5.74, 6) is 0.496. The molecule has 1 saturated heterocycles. The van der Waals surface area contributed by atoms with Gasteiger partial charge in [0.2, 0.25) is 10.0 Å². The van der Waals surface area contributed by atoms with Crippen molar-refractivity contribution < 1.29 is 13.3 Å². The van der Waals surface area contributed by atoms with Gasteiger partial charge < -0.3 is 5.32 Å². The van der Waals surface area contributed by atoms with Gasteiger partial charge in [-0.1, -0.05) is 37.3 Å². The first-order chi connectivity index (χ1) is 12.9. The Morgan fingerprint density at radius 2 is 1.81 bits per heavy atom. The molecular weight excluding hydrogens is 366 g/mol. The molecule has 0 spiro atoms. The van der Waals surface area contributed by atoms with Crippen LogP contribution in [0.3, 0.4) is 0 Å². The molecular formula is C19H23N3O4S. The molecule has 1 aliphatic heterocycles. The molecule has 0 atom stereocenters. The number of nitrogens with zero attached hydrogens (tertiary/aromatic N) is 2. The number of nitro groups is 1. The van der Waals surface area contributed by atoms with Crippen LogP contribution in [0.25, 0.3) is 0 Å². The van der Waals surface area contributed by atoms with E-state index in [1.54, 1.807) is 0 Å². The number of piperidine rings is 1. The summed E-state index contributed by atoms with van der Waals surface area (Å²) >= 11 is 0. The lowest BCUT2D eigenvalue weighted by atomic mass is 10.0. The van der Waals surface area contributed by atoms with Crippen LogP contribution in [0.2, 0.25) is 0 Å². The molecule has 0 amide bonds. The van der Waals surface area contributed by atoms with Crippen LogP contribution in [0.15, 0.2) is 53.4 Å². The second kappa shape index (κ2) is 8.06. The molecule has 2 aromatic rings. The van der Waals surface area contributed by atoms with Gasteiger partial charge in [-0.15, -0.1) is 0 Å². The van der Waals surface area contributed by atoms with Gasteiger partial charge in [0.1, 0.15) is 5.69 Å². The van der Waals surface area contributed by atoms with Crippen LogP contribution < -0.4 is 5.32 Å². The predicted molar refractivity (Wildman–Crippen MR) is 104 cm³/mol. The Labute approximate surface area is 159 Å². The lowest BCUT2D eigenvalue weighted by Crippen LogP contribution is -2.37. The van der Waals surface area contributed by atoms with E-state index < -0.39 is 14.9 Å². The minimum absolute atomic E-state index is 0.0333. The van der Waals surface area contributed by atoms with Crippen LogP contribution in [0.1, 0.15) is 25.3 Å². The Hall–Kier alpha value is -2.45. The van der Waals surface area contributed by atoms with Crippen molar-refractivity contribution >= 4 is 21.4 Å². The van der Waals surface area contributed by atoms with Gasteiger partial charge in [-0.3, -0.25) is 10.1 Å². The molecule has 3 rings (SSSR count). The third kappa shape index (κ3) is 4.45. The van der Waals surface area contributed by atoms with Crippen molar-refractivity contribution in [2.75, 3.05) is 18.4 Å². The van der Waals surface area contributed by atoms with E-state index in [0.29, 0.717) is 31.2 Å². The number of anilines is 1. The Morgan fingerprint density at radius 1 is 1.15 bits per heavy atom. The maximum absolute atomic E-state index is 12.8. The largest absolute Gasteiger partial charge is 0.375 e. The summed E-state index contributed by atoms with van der Waals surface area (Å²) < 4.78 is 27.1. The highest BCUT2D eigenvalue weighted by molar-refractivity contribution is 7.89. The summed E-state index contributed by atoms with van der Waals surface area (Å²) in [6.07, 6.45) is 1.61. The fourth-order valence-corrected chi connectivity index (χ4v) is 4.63. The fraction of sp³-hybridized carbons (Fsp3) is 0.368. The zero-order valence-corrected chi connectivity index (χ0v) is 16.0. The lowest BCUT2D eigenvalue weighted by molar-refractivity contribution is -0.384. The Morgan fingerprint density at radius 3 is 2.44 bits per heavy atom. The van der Waals surface area contributed by atoms with E-state index in [1.165, 1.54) is 16.4 Å². The minimum atomic E-state index is -3.72. The van der Waals surface area contributed by atoms with Crippen LogP contribution in [0.5, 0.6) is 0 Å². The smallest absolute Gasteiger partial charge is 0.293 e. The highest BCUT2D eigenvalue weighted by Crippen LogP contribution is 2.30. The van der Waals surface area contributed by atoms with Crippen molar-refractivity contribution in [3.8, 4) is 0 Å². The molecule has 1 heterocycles. The van der Waals surface area contributed by atoms with Gasteiger partial charge in [0, 0.05) is 25.7 Å². The number of sulfonamides is 1. The number of nitrogens with one attached hydrogen (secondary N) is 1. The van der Waals surface area contributed by atoms with E-state index in [1.807, 2.05) is 30.3 Å². The molecule has 8 heteroatoms. The normalized spacial score (nSPS) is 16.2. The van der Waals surface area contributed by atoms with Gasteiger partial charge in [0.05, 0.1) is 9.82 Å². The molecule has 0 unspecified atom stereocenters. The summed E-state index contributed by atoms with van der Waals surface area (Å²) in [7, 11) is -3.72. The molecule has 2 aromatic carbocycles. The minimum Gasteiger partial charge on any atom is -0.375 e. The van der Waals surface area contributed by atoms with E-state index in [-0.39, 0.29) is 10.6 Å². The zero-order valence-electron chi connectivity index (χ0n) is 15.2. The van der Waals surface area contributed by atoms with Crippen molar-refractivity contribution in [1.29, 1.82) is 0 Å². The first-order valence-electron chi connectivity index (χ1n) is 8.94. The van der Waals surface area contributed by atoms with Gasteiger partial charge in [0.25, 0.3) is 5.69 Å². The summed E-state index contributed by atoms with van der Waals surface area (Å²) in [5.41, 5.74) is 1.04. The SMILES string of the molecule is CC1CCN(S(=O)(=O)c2ccc(NCc3ccccc3)c([N+](=O)[O-])c2)CC1. The number of hydrogen-bond acceptors (Lipinski definition) is 5. The quantitative estimate of drug-likeness (QED) is 0.602. The molecule has 144 valence electrons. The van der Waals surface area contributed by atoms with Crippen molar-refractivity contribution in [2.24, 2.45) is 5.92 Å². The highest BCUT2D eigenvalue weighted by atomic mass is 32.2. The van der Waals surface area contributed by atoms with Crippen LogP contribution in [-0.4, -0.2) is 30.7 Å². The summed E-state index contributed by atoms with van der Waals surface area (Å²) in [4.78, 5) is 10.9. The number of nitro benzene ring substituents is 1. The summed E-state index contributed by atoms with van der Waals surface area (Å²) in [6.45, 7) is 3.41.